The molecule has 0 radical (unpaired) electrons. The van der Waals surface area contributed by atoms with Gasteiger partial charge in [-0.1, -0.05) is 15.9 Å². The normalized spacial score (nSPS) is 17.7. The second-order valence-electron chi connectivity index (χ2n) is 6.70. The number of hydrogen-bond donors (Lipinski definition) is 0. The molecule has 148 valence electrons. The second-order valence-corrected chi connectivity index (χ2v) is 7.61. The van der Waals surface area contributed by atoms with Crippen LogP contribution in [0.3, 0.4) is 0 Å². The Labute approximate surface area is 171 Å². The first kappa shape index (κ1) is 18.9. The van der Waals surface area contributed by atoms with Crippen molar-refractivity contribution in [1.29, 1.82) is 0 Å². The van der Waals surface area contributed by atoms with E-state index >= 15 is 0 Å². The number of benzene rings is 1. The van der Waals surface area contributed by atoms with Gasteiger partial charge >= 0.3 is 0 Å². The van der Waals surface area contributed by atoms with Crippen LogP contribution in [0.4, 0.5) is 23.0 Å². The van der Waals surface area contributed by atoms with Gasteiger partial charge in [0.2, 0.25) is 0 Å². The number of nitrogens with zero attached hydrogens (tertiary/aromatic N) is 6. The van der Waals surface area contributed by atoms with E-state index in [1.165, 1.54) is 0 Å². The van der Waals surface area contributed by atoms with Crippen LogP contribution in [-0.4, -0.2) is 67.4 Å². The molecule has 0 spiro atoms. The number of anilines is 3. The number of hydrogen-bond acceptors (Lipinski definition) is 8. The molecule has 0 aliphatic carbocycles. The Balaban J connectivity index is 1.45. The van der Waals surface area contributed by atoms with Gasteiger partial charge in [-0.15, -0.1) is 0 Å². The van der Waals surface area contributed by atoms with Crippen LogP contribution in [0.25, 0.3) is 0 Å². The molecule has 1 aromatic heterocycles. The number of nitro groups is 1. The van der Waals surface area contributed by atoms with Gasteiger partial charge in [-0.3, -0.25) is 10.1 Å². The van der Waals surface area contributed by atoms with Crippen molar-refractivity contribution in [1.82, 2.24) is 9.97 Å². The topological polar surface area (TPSA) is 87.9 Å². The van der Waals surface area contributed by atoms with Gasteiger partial charge < -0.3 is 19.4 Å². The molecule has 9 nitrogen and oxygen atoms in total. The highest BCUT2D eigenvalue weighted by molar-refractivity contribution is 9.10. The lowest BCUT2D eigenvalue weighted by Gasteiger charge is -2.36. The van der Waals surface area contributed by atoms with E-state index in [9.17, 15) is 10.1 Å². The highest BCUT2D eigenvalue weighted by Crippen LogP contribution is 2.32. The zero-order valence-electron chi connectivity index (χ0n) is 15.3. The van der Waals surface area contributed by atoms with Crippen molar-refractivity contribution < 1.29 is 9.66 Å². The standard InChI is InChI=1S/C18H21BrN6O3/c19-14-1-2-15(16(11-14)25(26)27)22-3-5-23(6-4-22)17-12-18(21-13-20-17)24-7-9-28-10-8-24/h1-2,11-13H,3-10H2. The molecule has 2 fully saturated rings. The van der Waals surface area contributed by atoms with Gasteiger partial charge in [0, 0.05) is 55.9 Å². The van der Waals surface area contributed by atoms with Gasteiger partial charge in [-0.25, -0.2) is 9.97 Å². The predicted octanol–water partition coefficient (Wildman–Crippen LogP) is 2.31. The molecular formula is C18H21BrN6O3. The van der Waals surface area contributed by atoms with Gasteiger partial charge in [0.25, 0.3) is 5.69 Å². The summed E-state index contributed by atoms with van der Waals surface area (Å²) in [6.45, 7) is 5.96. The van der Waals surface area contributed by atoms with Crippen LogP contribution in [0.2, 0.25) is 0 Å². The van der Waals surface area contributed by atoms with Gasteiger partial charge in [0.15, 0.2) is 0 Å². The maximum atomic E-state index is 11.4. The minimum Gasteiger partial charge on any atom is -0.378 e. The Kier molecular flexibility index (Phi) is 5.58. The van der Waals surface area contributed by atoms with Gasteiger partial charge in [-0.2, -0.15) is 0 Å². The highest BCUT2D eigenvalue weighted by atomic mass is 79.9. The summed E-state index contributed by atoms with van der Waals surface area (Å²) >= 11 is 3.31. The molecule has 10 heteroatoms. The predicted molar refractivity (Wildman–Crippen MR) is 110 cm³/mol. The van der Waals surface area contributed by atoms with Crippen molar-refractivity contribution in [3.8, 4) is 0 Å². The van der Waals surface area contributed by atoms with Crippen molar-refractivity contribution >= 4 is 38.9 Å². The number of morpholine rings is 1. The molecule has 0 amide bonds. The van der Waals surface area contributed by atoms with E-state index in [0.717, 1.165) is 37.8 Å². The Bertz CT molecular complexity index is 853. The molecule has 2 saturated heterocycles. The smallest absolute Gasteiger partial charge is 0.293 e. The average molecular weight is 449 g/mol. The van der Waals surface area contributed by atoms with E-state index in [-0.39, 0.29) is 10.6 Å². The first-order valence-corrected chi connectivity index (χ1v) is 10.00. The van der Waals surface area contributed by atoms with Crippen LogP contribution in [-0.2, 0) is 4.74 Å². The van der Waals surface area contributed by atoms with E-state index < -0.39 is 0 Å². The molecule has 2 aliphatic heterocycles. The summed E-state index contributed by atoms with van der Waals surface area (Å²) < 4.78 is 6.11. The molecule has 28 heavy (non-hydrogen) atoms. The lowest BCUT2D eigenvalue weighted by Crippen LogP contribution is -2.47. The third-order valence-corrected chi connectivity index (χ3v) is 5.55. The third kappa shape index (κ3) is 4.02. The number of piperazine rings is 1. The molecule has 0 bridgehead atoms. The second kappa shape index (κ2) is 8.27. The average Bonchev–Trinajstić information content (AvgIpc) is 2.74. The molecule has 3 heterocycles. The Morgan fingerprint density at radius 1 is 0.929 bits per heavy atom. The molecule has 2 aliphatic rings. The van der Waals surface area contributed by atoms with E-state index in [4.69, 9.17) is 4.74 Å². The number of halogens is 1. The first-order valence-electron chi connectivity index (χ1n) is 9.20. The number of nitro benzene ring substituents is 1. The number of rotatable bonds is 4. The molecule has 0 unspecified atom stereocenters. The quantitative estimate of drug-likeness (QED) is 0.519. The van der Waals surface area contributed by atoms with E-state index in [1.807, 2.05) is 12.1 Å². The lowest BCUT2D eigenvalue weighted by molar-refractivity contribution is -0.384. The fourth-order valence-corrected chi connectivity index (χ4v) is 3.91. The Morgan fingerprint density at radius 3 is 2.18 bits per heavy atom. The van der Waals surface area contributed by atoms with Crippen LogP contribution in [0.5, 0.6) is 0 Å². The summed E-state index contributed by atoms with van der Waals surface area (Å²) in [5, 5.41) is 11.4. The fraction of sp³-hybridized carbons (Fsp3) is 0.444. The monoisotopic (exact) mass is 448 g/mol. The van der Waals surface area contributed by atoms with E-state index in [0.29, 0.717) is 36.5 Å². The first-order chi connectivity index (χ1) is 13.6. The molecular weight excluding hydrogens is 428 g/mol. The Hall–Kier alpha value is -2.46. The summed E-state index contributed by atoms with van der Waals surface area (Å²) in [5.74, 6) is 1.81. The molecule has 0 atom stereocenters. The van der Waals surface area contributed by atoms with E-state index in [1.54, 1.807) is 18.5 Å². The zero-order chi connectivity index (χ0) is 19.5. The van der Waals surface area contributed by atoms with Crippen molar-refractivity contribution in [2.75, 3.05) is 67.2 Å². The van der Waals surface area contributed by atoms with Crippen molar-refractivity contribution in [2.45, 2.75) is 0 Å². The van der Waals surface area contributed by atoms with Crippen LogP contribution < -0.4 is 14.7 Å². The fourth-order valence-electron chi connectivity index (χ4n) is 3.56. The van der Waals surface area contributed by atoms with Crippen molar-refractivity contribution in [2.24, 2.45) is 0 Å². The third-order valence-electron chi connectivity index (χ3n) is 5.05. The van der Waals surface area contributed by atoms with Crippen LogP contribution in [0.15, 0.2) is 35.1 Å². The summed E-state index contributed by atoms with van der Waals surface area (Å²) in [7, 11) is 0. The Morgan fingerprint density at radius 2 is 1.54 bits per heavy atom. The molecule has 4 rings (SSSR count). The maximum Gasteiger partial charge on any atom is 0.293 e. The zero-order valence-corrected chi connectivity index (χ0v) is 16.9. The minimum atomic E-state index is -0.328. The molecule has 0 N–H and O–H groups in total. The summed E-state index contributed by atoms with van der Waals surface area (Å²) in [5.41, 5.74) is 0.781. The number of aromatic nitrogens is 2. The summed E-state index contributed by atoms with van der Waals surface area (Å²) in [6, 6.07) is 7.22. The van der Waals surface area contributed by atoms with E-state index in [2.05, 4.69) is 40.6 Å². The molecule has 2 aromatic rings. The summed E-state index contributed by atoms with van der Waals surface area (Å²) in [6.07, 6.45) is 1.60. The van der Waals surface area contributed by atoms with Gasteiger partial charge in [0.1, 0.15) is 23.7 Å². The highest BCUT2D eigenvalue weighted by Gasteiger charge is 2.25. The number of ether oxygens (including phenoxy) is 1. The summed E-state index contributed by atoms with van der Waals surface area (Å²) in [4.78, 5) is 26.4. The van der Waals surface area contributed by atoms with Crippen molar-refractivity contribution in [3.63, 3.8) is 0 Å². The lowest BCUT2D eigenvalue weighted by atomic mass is 10.2. The van der Waals surface area contributed by atoms with Crippen LogP contribution in [0.1, 0.15) is 0 Å². The van der Waals surface area contributed by atoms with Crippen LogP contribution in [0, 0.1) is 10.1 Å². The maximum absolute atomic E-state index is 11.4. The van der Waals surface area contributed by atoms with Crippen molar-refractivity contribution in [3.05, 3.63) is 45.2 Å². The SMILES string of the molecule is O=[N+]([O-])c1cc(Br)ccc1N1CCN(c2cc(N3CCOCC3)ncn2)CC1. The minimum absolute atomic E-state index is 0.125. The van der Waals surface area contributed by atoms with Crippen LogP contribution >= 0.6 is 15.9 Å². The van der Waals surface area contributed by atoms with Gasteiger partial charge in [0.05, 0.1) is 18.1 Å². The molecule has 1 aromatic carbocycles. The molecule has 0 saturated carbocycles. The van der Waals surface area contributed by atoms with Gasteiger partial charge in [-0.05, 0) is 12.1 Å². The largest absolute Gasteiger partial charge is 0.378 e.